The Bertz CT molecular complexity index is 769. The van der Waals surface area contributed by atoms with Crippen LogP contribution in [0.15, 0.2) is 24.3 Å². The Morgan fingerprint density at radius 1 is 1.28 bits per heavy atom. The van der Waals surface area contributed by atoms with Gasteiger partial charge in [-0.25, -0.2) is 4.39 Å². The van der Waals surface area contributed by atoms with Gasteiger partial charge < -0.3 is 10.0 Å². The Kier molecular flexibility index (Phi) is 5.30. The molecule has 2 aromatic rings. The Hall–Kier alpha value is -2.05. The number of carbonyl (C=O) groups excluding carboxylic acids is 1. The molecule has 1 aromatic heterocycles. The minimum absolute atomic E-state index is 0.0343. The van der Waals surface area contributed by atoms with Gasteiger partial charge in [0.2, 0.25) is 0 Å². The minimum atomic E-state index is -0.330. The highest BCUT2D eigenvalue weighted by atomic mass is 19.1. The highest BCUT2D eigenvalue weighted by Gasteiger charge is 2.26. The molecule has 6 heteroatoms. The van der Waals surface area contributed by atoms with Crippen LogP contribution < -0.4 is 0 Å². The third-order valence-corrected chi connectivity index (χ3v) is 5.00. The van der Waals surface area contributed by atoms with Gasteiger partial charge in [-0.1, -0.05) is 6.92 Å². The molecule has 0 spiro atoms. The number of aliphatic hydroxyl groups excluding tert-OH is 1. The molecular weight excluding hydrogens is 321 g/mol. The number of fused-ring (bicyclic) bond motifs is 1. The highest BCUT2D eigenvalue weighted by Crippen LogP contribution is 2.20. The first-order valence-electron chi connectivity index (χ1n) is 8.74. The van der Waals surface area contributed by atoms with Crippen molar-refractivity contribution in [3.05, 3.63) is 41.3 Å². The summed E-state index contributed by atoms with van der Waals surface area (Å²) in [7, 11) is 0. The number of hydrogen-bond donors (Lipinski definition) is 1. The number of benzene rings is 1. The standard InChI is InChI=1S/C19H24FN3O2/c1-3-16(12-24)22-6-8-23(9-7-22)19(25)17-10-14-4-5-15(20)11-18(14)21-13(17)2/h4-5,10-11,16,24H,3,6-9,12H2,1-2H3. The normalized spacial score (nSPS) is 17.0. The monoisotopic (exact) mass is 345 g/mol. The predicted octanol–water partition coefficient (Wildman–Crippen LogP) is 2.21. The van der Waals surface area contributed by atoms with E-state index in [-0.39, 0.29) is 24.4 Å². The second-order valence-corrected chi connectivity index (χ2v) is 6.53. The van der Waals surface area contributed by atoms with Crippen molar-refractivity contribution in [2.45, 2.75) is 26.3 Å². The molecule has 0 saturated carbocycles. The number of rotatable bonds is 4. The van der Waals surface area contributed by atoms with Gasteiger partial charge in [-0.15, -0.1) is 0 Å². The lowest BCUT2D eigenvalue weighted by molar-refractivity contribution is 0.0471. The summed E-state index contributed by atoms with van der Waals surface area (Å²) in [5.74, 6) is -0.364. The zero-order valence-electron chi connectivity index (χ0n) is 14.7. The number of hydrogen-bond acceptors (Lipinski definition) is 4. The van der Waals surface area contributed by atoms with Crippen molar-refractivity contribution in [3.63, 3.8) is 0 Å². The number of aryl methyl sites for hydroxylation is 1. The van der Waals surface area contributed by atoms with E-state index in [2.05, 4.69) is 16.8 Å². The van der Waals surface area contributed by atoms with Crippen molar-refractivity contribution in [1.82, 2.24) is 14.8 Å². The van der Waals surface area contributed by atoms with Crippen LogP contribution in [0.4, 0.5) is 4.39 Å². The van der Waals surface area contributed by atoms with E-state index in [9.17, 15) is 14.3 Å². The zero-order chi connectivity index (χ0) is 18.0. The van der Waals surface area contributed by atoms with Crippen molar-refractivity contribution in [3.8, 4) is 0 Å². The average Bonchev–Trinajstić information content (AvgIpc) is 2.62. The molecule has 3 rings (SSSR count). The van der Waals surface area contributed by atoms with Gasteiger partial charge in [0.15, 0.2) is 0 Å². The largest absolute Gasteiger partial charge is 0.395 e. The molecule has 25 heavy (non-hydrogen) atoms. The van der Waals surface area contributed by atoms with Gasteiger partial charge in [-0.3, -0.25) is 14.7 Å². The lowest BCUT2D eigenvalue weighted by Gasteiger charge is -2.38. The zero-order valence-corrected chi connectivity index (χ0v) is 14.7. The second kappa shape index (κ2) is 7.45. The molecule has 1 unspecified atom stereocenters. The number of carbonyl (C=O) groups is 1. The summed E-state index contributed by atoms with van der Waals surface area (Å²) in [5.41, 5.74) is 1.75. The second-order valence-electron chi connectivity index (χ2n) is 6.53. The van der Waals surface area contributed by atoms with Crippen LogP contribution in [0.25, 0.3) is 10.9 Å². The molecule has 1 N–H and O–H groups in total. The van der Waals surface area contributed by atoms with E-state index in [4.69, 9.17) is 0 Å². The van der Waals surface area contributed by atoms with E-state index in [0.717, 1.165) is 24.9 Å². The number of pyridine rings is 1. The van der Waals surface area contributed by atoms with Crippen LogP contribution in [0, 0.1) is 12.7 Å². The molecule has 1 fully saturated rings. The molecule has 0 radical (unpaired) electrons. The first-order valence-corrected chi connectivity index (χ1v) is 8.74. The lowest BCUT2D eigenvalue weighted by Crippen LogP contribution is -2.52. The lowest BCUT2D eigenvalue weighted by atomic mass is 10.1. The van der Waals surface area contributed by atoms with Crippen LogP contribution in [0.1, 0.15) is 29.4 Å². The fourth-order valence-electron chi connectivity index (χ4n) is 3.42. The number of aromatic nitrogens is 1. The van der Waals surface area contributed by atoms with Crippen molar-refractivity contribution in [1.29, 1.82) is 0 Å². The average molecular weight is 345 g/mol. The van der Waals surface area contributed by atoms with E-state index >= 15 is 0 Å². The summed E-state index contributed by atoms with van der Waals surface area (Å²) in [6, 6.07) is 6.38. The van der Waals surface area contributed by atoms with Crippen LogP contribution in [-0.2, 0) is 0 Å². The van der Waals surface area contributed by atoms with E-state index in [1.807, 2.05) is 4.90 Å². The molecule has 1 saturated heterocycles. The molecule has 5 nitrogen and oxygen atoms in total. The fourth-order valence-corrected chi connectivity index (χ4v) is 3.42. The third kappa shape index (κ3) is 3.65. The van der Waals surface area contributed by atoms with Crippen LogP contribution in [-0.4, -0.2) is 64.6 Å². The van der Waals surface area contributed by atoms with Crippen LogP contribution in [0.3, 0.4) is 0 Å². The molecule has 1 amide bonds. The summed E-state index contributed by atoms with van der Waals surface area (Å²) < 4.78 is 13.3. The summed E-state index contributed by atoms with van der Waals surface area (Å²) in [5, 5.41) is 10.2. The van der Waals surface area contributed by atoms with Gasteiger partial charge in [0.05, 0.1) is 23.4 Å². The topological polar surface area (TPSA) is 56.7 Å². The summed E-state index contributed by atoms with van der Waals surface area (Å²) in [6.07, 6.45) is 0.898. The van der Waals surface area contributed by atoms with E-state index in [1.54, 1.807) is 19.1 Å². The summed E-state index contributed by atoms with van der Waals surface area (Å²) >= 11 is 0. The Balaban J connectivity index is 1.77. The van der Waals surface area contributed by atoms with Gasteiger partial charge in [-0.05, 0) is 31.5 Å². The van der Waals surface area contributed by atoms with Gasteiger partial charge in [0.1, 0.15) is 5.82 Å². The molecule has 134 valence electrons. The Labute approximate surface area is 147 Å². The van der Waals surface area contributed by atoms with E-state index < -0.39 is 0 Å². The third-order valence-electron chi connectivity index (χ3n) is 5.00. The number of amides is 1. The van der Waals surface area contributed by atoms with Crippen LogP contribution in [0.2, 0.25) is 0 Å². The highest BCUT2D eigenvalue weighted by molar-refractivity contribution is 5.98. The van der Waals surface area contributed by atoms with Gasteiger partial charge in [0.25, 0.3) is 5.91 Å². The SMILES string of the molecule is CCC(CO)N1CCN(C(=O)c2cc3ccc(F)cc3nc2C)CC1. The van der Waals surface area contributed by atoms with Crippen LogP contribution in [0.5, 0.6) is 0 Å². The van der Waals surface area contributed by atoms with Crippen molar-refractivity contribution >= 4 is 16.8 Å². The van der Waals surface area contributed by atoms with Gasteiger partial charge in [-0.2, -0.15) is 0 Å². The summed E-state index contributed by atoms with van der Waals surface area (Å²) in [6.45, 7) is 6.78. The van der Waals surface area contributed by atoms with Gasteiger partial charge in [0, 0.05) is 43.7 Å². The molecule has 1 aromatic carbocycles. The number of piperazine rings is 1. The molecule has 0 bridgehead atoms. The van der Waals surface area contributed by atoms with Crippen molar-refractivity contribution in [2.75, 3.05) is 32.8 Å². The maximum atomic E-state index is 13.3. The van der Waals surface area contributed by atoms with Gasteiger partial charge >= 0.3 is 0 Å². The molecule has 1 aliphatic rings. The maximum Gasteiger partial charge on any atom is 0.255 e. The first-order chi connectivity index (χ1) is 12.0. The number of nitrogens with zero attached hydrogens (tertiary/aromatic N) is 3. The number of aliphatic hydroxyl groups is 1. The van der Waals surface area contributed by atoms with Crippen molar-refractivity contribution in [2.24, 2.45) is 0 Å². The molecular formula is C19H24FN3O2. The predicted molar refractivity (Wildman–Crippen MR) is 95.1 cm³/mol. The van der Waals surface area contributed by atoms with Crippen molar-refractivity contribution < 1.29 is 14.3 Å². The number of halogens is 1. The smallest absolute Gasteiger partial charge is 0.255 e. The maximum absolute atomic E-state index is 13.3. The molecule has 1 aliphatic heterocycles. The molecule has 1 atom stereocenters. The molecule has 2 heterocycles. The molecule has 0 aliphatic carbocycles. The quantitative estimate of drug-likeness (QED) is 0.923. The van der Waals surface area contributed by atoms with E-state index in [0.29, 0.717) is 29.9 Å². The van der Waals surface area contributed by atoms with E-state index in [1.165, 1.54) is 12.1 Å². The van der Waals surface area contributed by atoms with Crippen LogP contribution >= 0.6 is 0 Å². The first kappa shape index (κ1) is 17.8. The Morgan fingerprint density at radius 3 is 2.64 bits per heavy atom. The minimum Gasteiger partial charge on any atom is -0.395 e. The summed E-state index contributed by atoms with van der Waals surface area (Å²) in [4.78, 5) is 21.3. The Morgan fingerprint density at radius 2 is 2.00 bits per heavy atom. The fraction of sp³-hybridized carbons (Fsp3) is 0.474.